The minimum Gasteiger partial charge on any atom is -0.370 e. The summed E-state index contributed by atoms with van der Waals surface area (Å²) in [7, 11) is -1.89. The molecule has 7 rings (SSSR count). The van der Waals surface area contributed by atoms with Crippen molar-refractivity contribution in [3.8, 4) is 0 Å². The quantitative estimate of drug-likeness (QED) is 0.0550. The van der Waals surface area contributed by atoms with Gasteiger partial charge in [-0.05, 0) is 160 Å². The summed E-state index contributed by atoms with van der Waals surface area (Å²) in [5, 5.41) is 0. The third kappa shape index (κ3) is 22.9. The van der Waals surface area contributed by atoms with Gasteiger partial charge in [0, 0.05) is 97.3 Å². The molecule has 0 spiro atoms. The van der Waals surface area contributed by atoms with Gasteiger partial charge in [0.1, 0.15) is 0 Å². The lowest BCUT2D eigenvalue weighted by Gasteiger charge is -2.45. The molecular formula is C62H133N14O21P7. The molecule has 0 amide bonds. The highest BCUT2D eigenvalue weighted by atomic mass is 31.2. The molecule has 104 heavy (non-hydrogen) atoms. The van der Waals surface area contributed by atoms with E-state index in [1.54, 1.807) is 155 Å². The van der Waals surface area contributed by atoms with Crippen molar-refractivity contribution in [3.63, 3.8) is 0 Å². The van der Waals surface area contributed by atoms with Crippen LogP contribution in [0.1, 0.15) is 75.7 Å². The predicted octanol–water partition coefficient (Wildman–Crippen LogP) is 7.32. The largest absolute Gasteiger partial charge is 0.370 e. The standard InChI is InChI=1S/C62H133N14O21P7/c1-25-55(10)98(77,63(11)12)84-41-57-35-71(28-49(4)92-57)100(79,65(15)16)86-43-59-37-73(30-51(6)94-59)102(81,67(19)20)88-45-61-39-75(32-53(8)96-61)104(83,69(23)24)90-47-62-40-76(33-54(9)97-62)103(82,68(21)22)89-46-60-38-74(31-52(7)95-60)101(80,66(17)18)87-44-58-36-72(29-50(5)93-58)99(78,64(13)14)85-42-56-34-70(26-2)27-48(3)91-56/h48-62H,25-47H2,1-24H3/t48-,49-,50-,51-,52-,53-,54-,55?,56-,57-,58-,59-,60-,61-,62-,98?,99?,100?,101?,102?,103?,104?/m0/s1. The van der Waals surface area contributed by atoms with E-state index in [4.69, 9.17) is 64.8 Å². The van der Waals surface area contributed by atoms with Crippen LogP contribution in [0.2, 0.25) is 0 Å². The molecule has 612 valence electrons. The Bertz CT molecular complexity index is 3060. The minimum absolute atomic E-state index is 0.0194. The number of hydrogen-bond donors (Lipinski definition) is 0. The highest BCUT2D eigenvalue weighted by Gasteiger charge is 2.51. The van der Waals surface area contributed by atoms with Crippen molar-refractivity contribution in [2.24, 2.45) is 0 Å². The Labute approximate surface area is 623 Å². The van der Waals surface area contributed by atoms with Crippen LogP contribution < -0.4 is 0 Å². The van der Waals surface area contributed by atoms with Gasteiger partial charge in [-0.25, -0.2) is 60.7 Å². The first-order chi connectivity index (χ1) is 48.5. The fourth-order valence-corrected chi connectivity index (χ4v) is 28.9. The molecule has 42 heteroatoms. The van der Waals surface area contributed by atoms with Gasteiger partial charge in [-0.3, -0.25) is 36.9 Å². The molecule has 7 aliphatic rings. The van der Waals surface area contributed by atoms with E-state index in [2.05, 4.69) is 11.8 Å². The second kappa shape index (κ2) is 39.2. The summed E-state index contributed by atoms with van der Waals surface area (Å²) in [4.78, 5) is 2.30. The van der Waals surface area contributed by atoms with Crippen LogP contribution in [0.3, 0.4) is 0 Å². The van der Waals surface area contributed by atoms with Crippen LogP contribution in [0.4, 0.5) is 0 Å². The highest BCUT2D eigenvalue weighted by molar-refractivity contribution is 7.57. The zero-order chi connectivity index (χ0) is 77.4. The van der Waals surface area contributed by atoms with E-state index in [0.717, 1.165) is 13.1 Å². The number of ether oxygens (including phenoxy) is 7. The van der Waals surface area contributed by atoms with E-state index < -0.39 is 115 Å². The van der Waals surface area contributed by atoms with Crippen LogP contribution in [0.25, 0.3) is 0 Å². The van der Waals surface area contributed by atoms with Crippen LogP contribution in [0, 0.1) is 0 Å². The lowest BCUT2D eigenvalue weighted by molar-refractivity contribution is -0.0975. The summed E-state index contributed by atoms with van der Waals surface area (Å²) in [6.07, 6.45) is -5.89. The van der Waals surface area contributed by atoms with Crippen molar-refractivity contribution in [1.29, 1.82) is 0 Å². The van der Waals surface area contributed by atoms with Gasteiger partial charge >= 0.3 is 46.0 Å². The molecule has 7 heterocycles. The van der Waals surface area contributed by atoms with Crippen LogP contribution in [-0.2, 0) is 96.8 Å². The Morgan fingerprint density at radius 3 is 0.644 bits per heavy atom. The number of likely N-dealkylation sites (N-methyl/N-ethyl adjacent to an activating group) is 1. The van der Waals surface area contributed by atoms with Gasteiger partial charge in [-0.1, -0.05) is 20.8 Å². The maximum absolute atomic E-state index is 15.4. The van der Waals surface area contributed by atoms with E-state index in [1.807, 2.05) is 67.0 Å². The van der Waals surface area contributed by atoms with Gasteiger partial charge in [0.25, 0.3) is 7.52 Å². The summed E-state index contributed by atoms with van der Waals surface area (Å²) in [6.45, 7) is 23.7. The first kappa shape index (κ1) is 91.7. The molecule has 35 nitrogen and oxygen atoms in total. The fraction of sp³-hybridized carbons (Fsp3) is 1.00. The number of nitrogens with zero attached hydrogens (tertiary/aromatic N) is 14. The number of rotatable bonds is 37. The Morgan fingerprint density at radius 2 is 0.471 bits per heavy atom. The molecule has 0 aromatic rings. The molecule has 0 aliphatic carbocycles. The van der Waals surface area contributed by atoms with Crippen molar-refractivity contribution < 1.29 is 96.8 Å². The van der Waals surface area contributed by atoms with E-state index in [-0.39, 0.29) is 142 Å². The third-order valence-electron chi connectivity index (χ3n) is 19.6. The van der Waals surface area contributed by atoms with Gasteiger partial charge in [-0.15, -0.1) is 0 Å². The summed E-state index contributed by atoms with van der Waals surface area (Å²) < 4.78 is 216. The monoisotopic (exact) mass is 1630 g/mol. The summed E-state index contributed by atoms with van der Waals surface area (Å²) in [6, 6.07) is 0. The van der Waals surface area contributed by atoms with Gasteiger partial charge in [0.05, 0.1) is 132 Å². The van der Waals surface area contributed by atoms with Gasteiger partial charge in [-0.2, -0.15) is 0 Å². The van der Waals surface area contributed by atoms with Crippen LogP contribution in [-0.4, -0.2) is 400 Å². The van der Waals surface area contributed by atoms with Gasteiger partial charge in [0.15, 0.2) is 0 Å². The maximum atomic E-state index is 15.4. The predicted molar refractivity (Wildman–Crippen MR) is 402 cm³/mol. The molecule has 22 atom stereocenters. The van der Waals surface area contributed by atoms with Crippen LogP contribution in [0.5, 0.6) is 0 Å². The number of hydrogen-bond acceptors (Lipinski definition) is 22. The summed E-state index contributed by atoms with van der Waals surface area (Å²) in [5.74, 6) is 0. The molecule has 7 saturated heterocycles. The second-order valence-corrected chi connectivity index (χ2v) is 49.0. The topological polar surface area (TPSA) is 294 Å². The molecule has 8 unspecified atom stereocenters. The fourth-order valence-electron chi connectivity index (χ4n) is 14.2. The molecule has 0 bridgehead atoms. The lowest BCUT2D eigenvalue weighted by atomic mass is 10.2. The molecule has 0 N–H and O–H groups in total. The zero-order valence-electron chi connectivity index (χ0n) is 66.9. The van der Waals surface area contributed by atoms with Crippen molar-refractivity contribution in [2.45, 2.75) is 167 Å². The first-order valence-electron chi connectivity index (χ1n) is 36.8. The zero-order valence-corrected chi connectivity index (χ0v) is 73.1. The third-order valence-corrected chi connectivity index (χ3v) is 37.9. The minimum atomic E-state index is -3.85. The normalized spacial score (nSPS) is 34.5. The molecule has 0 aromatic carbocycles. The smallest absolute Gasteiger partial charge is 0.345 e. The van der Waals surface area contributed by atoms with E-state index in [0.29, 0.717) is 26.1 Å². The van der Waals surface area contributed by atoms with Crippen LogP contribution in [0.15, 0.2) is 0 Å². The van der Waals surface area contributed by atoms with Crippen LogP contribution >= 0.6 is 53.5 Å². The lowest BCUT2D eigenvalue weighted by Crippen LogP contribution is -2.51. The SMILES string of the molecule is CCC(C)P(=O)(OC[C@@H]1CN(P(=O)(OC[C@@H]2CN(P(=O)(OC[C@@H]3CN(P(=O)(OC[C@@H]4CN(P(=O)(OC[C@@H]5CN(P(=O)(OC[C@@H]6CN(P(=O)(OC[C@@H]7CN(CC)C[C@H](C)O7)N(C)C)C[C@H](C)O6)N(C)C)C[C@H](C)O5)N(C)C)C[C@H](C)O4)N(C)C)C[C@H](C)O3)N(C)C)C[C@H](C)O2)N(C)C)C[C@H](C)O1)N(C)C. The van der Waals surface area contributed by atoms with Crippen molar-refractivity contribution in [3.05, 3.63) is 0 Å². The average molecular weight is 1630 g/mol. The average Bonchev–Trinajstić information content (AvgIpc) is 0.795. The van der Waals surface area contributed by atoms with Crippen molar-refractivity contribution in [2.75, 3.05) is 243 Å². The molecule has 7 fully saturated rings. The molecule has 0 radical (unpaired) electrons. The van der Waals surface area contributed by atoms with Crippen molar-refractivity contribution in [1.82, 2.24) is 65.6 Å². The van der Waals surface area contributed by atoms with Gasteiger partial charge < -0.3 is 64.8 Å². The highest BCUT2D eigenvalue weighted by Crippen LogP contribution is 2.61. The van der Waals surface area contributed by atoms with E-state index >= 15 is 22.8 Å². The Kier molecular flexibility index (Phi) is 34.6. The number of morpholine rings is 7. The van der Waals surface area contributed by atoms with Gasteiger partial charge in [0.2, 0.25) is 0 Å². The summed E-state index contributed by atoms with van der Waals surface area (Å²) >= 11 is 0. The molecule has 0 aromatic heterocycles. The Balaban J connectivity index is 0.943. The molecule has 0 saturated carbocycles. The summed E-state index contributed by atoms with van der Waals surface area (Å²) in [5.41, 5.74) is -0.199. The molecular weight excluding hydrogens is 1490 g/mol. The van der Waals surface area contributed by atoms with Crippen molar-refractivity contribution >= 4 is 53.5 Å². The Morgan fingerprint density at radius 1 is 0.288 bits per heavy atom. The van der Waals surface area contributed by atoms with E-state index in [9.17, 15) is 9.13 Å². The Hall–Kier alpha value is 0.490. The second-order valence-electron chi connectivity index (χ2n) is 30.3. The van der Waals surface area contributed by atoms with E-state index in [1.165, 1.54) is 0 Å². The molecule has 7 aliphatic heterocycles. The maximum Gasteiger partial charge on any atom is 0.345 e. The first-order valence-corrected chi connectivity index (χ1v) is 47.6.